The summed E-state index contributed by atoms with van der Waals surface area (Å²) in [5.74, 6) is -1.52. The van der Waals surface area contributed by atoms with Gasteiger partial charge in [0.2, 0.25) is 5.91 Å². The number of esters is 1. The highest BCUT2D eigenvalue weighted by molar-refractivity contribution is 8.00. The second kappa shape index (κ2) is 17.8. The zero-order valence-corrected chi connectivity index (χ0v) is 29.2. The summed E-state index contributed by atoms with van der Waals surface area (Å²) in [6.45, 7) is 3.94. The Hall–Kier alpha value is -5.52. The number of ether oxygens (including phenoxy) is 1. The molecule has 254 valence electrons. The minimum atomic E-state index is -0.504. The molecule has 5 aromatic rings. The van der Waals surface area contributed by atoms with E-state index in [9.17, 15) is 19.2 Å². The van der Waals surface area contributed by atoms with E-state index < -0.39 is 17.1 Å². The van der Waals surface area contributed by atoms with Crippen molar-refractivity contribution in [3.05, 3.63) is 137 Å². The molecular weight excluding hydrogens is 669 g/mol. The lowest BCUT2D eigenvalue weighted by Gasteiger charge is -2.15. The summed E-state index contributed by atoms with van der Waals surface area (Å²) >= 11 is 2.60. The molecule has 0 saturated carbocycles. The molecule has 9 nitrogen and oxygen atoms in total. The van der Waals surface area contributed by atoms with Crippen LogP contribution in [0.5, 0.6) is 0 Å². The number of hydrogen-bond acceptors (Lipinski definition) is 8. The lowest BCUT2D eigenvalue weighted by Crippen LogP contribution is -2.30. The number of thiazole rings is 1. The summed E-state index contributed by atoms with van der Waals surface area (Å²) in [4.78, 5) is 56.8. The Morgan fingerprint density at radius 3 is 2.24 bits per heavy atom. The highest BCUT2D eigenvalue weighted by Crippen LogP contribution is 2.29. The molecule has 1 aromatic heterocycles. The fourth-order valence-corrected chi connectivity index (χ4v) is 6.56. The van der Waals surface area contributed by atoms with Gasteiger partial charge in [-0.15, -0.1) is 23.1 Å². The van der Waals surface area contributed by atoms with Gasteiger partial charge in [-0.05, 0) is 66.4 Å². The average Bonchev–Trinajstić information content (AvgIpc) is 3.57. The number of carbonyl (C=O) groups is 4. The second-order valence-electron chi connectivity index (χ2n) is 11.0. The first-order chi connectivity index (χ1) is 24.3. The van der Waals surface area contributed by atoms with E-state index in [0.717, 1.165) is 21.6 Å². The molecule has 1 atom stereocenters. The van der Waals surface area contributed by atoms with Gasteiger partial charge in [-0.25, -0.2) is 4.98 Å². The summed E-state index contributed by atoms with van der Waals surface area (Å²) in [5.41, 5.74) is 4.35. The Bertz CT molecular complexity index is 1960. The Kier molecular flexibility index (Phi) is 12.7. The number of hydrogen-bond donors (Lipinski definition) is 3. The number of thioether (sulfide) groups is 1. The molecule has 3 N–H and O–H groups in total. The molecule has 0 radical (unpaired) electrons. The second-order valence-corrected chi connectivity index (χ2v) is 13.1. The van der Waals surface area contributed by atoms with Gasteiger partial charge in [0.15, 0.2) is 5.13 Å². The van der Waals surface area contributed by atoms with E-state index in [4.69, 9.17) is 4.74 Å². The van der Waals surface area contributed by atoms with Gasteiger partial charge in [-0.2, -0.15) is 0 Å². The summed E-state index contributed by atoms with van der Waals surface area (Å²) in [5, 5.41) is 10.2. The Balaban J connectivity index is 1.28. The predicted octanol–water partition coefficient (Wildman–Crippen LogP) is 7.83. The molecular formula is C39H36N4O5S2. The third kappa shape index (κ3) is 10.2. The van der Waals surface area contributed by atoms with E-state index in [1.807, 2.05) is 73.7 Å². The van der Waals surface area contributed by atoms with Gasteiger partial charge < -0.3 is 20.7 Å². The van der Waals surface area contributed by atoms with E-state index in [1.54, 1.807) is 60.8 Å². The normalized spacial score (nSPS) is 11.7. The van der Waals surface area contributed by atoms with Crippen molar-refractivity contribution in [2.45, 2.75) is 36.8 Å². The first kappa shape index (κ1) is 35.8. The van der Waals surface area contributed by atoms with Crippen LogP contribution in [0.1, 0.15) is 41.9 Å². The van der Waals surface area contributed by atoms with Crippen LogP contribution in [0, 0.1) is 0 Å². The third-order valence-corrected chi connectivity index (χ3v) is 9.47. The SMILES string of the molecule is CCOC(=O)Cc1csc(NC(=O)C(CC)Sc2cccc(NC(=O)/C(=C\c3ccc(-c4ccccc4)cc3)NC(=O)c3ccccc3)c2)n1. The summed E-state index contributed by atoms with van der Waals surface area (Å²) in [7, 11) is 0. The van der Waals surface area contributed by atoms with E-state index in [-0.39, 0.29) is 24.0 Å². The molecule has 1 heterocycles. The van der Waals surface area contributed by atoms with Gasteiger partial charge in [0.05, 0.1) is 24.0 Å². The van der Waals surface area contributed by atoms with E-state index >= 15 is 0 Å². The quantitative estimate of drug-likeness (QED) is 0.0611. The highest BCUT2D eigenvalue weighted by atomic mass is 32.2. The van der Waals surface area contributed by atoms with E-state index in [2.05, 4.69) is 20.9 Å². The van der Waals surface area contributed by atoms with Crippen molar-refractivity contribution in [3.8, 4) is 11.1 Å². The number of anilines is 2. The Morgan fingerprint density at radius 1 is 0.840 bits per heavy atom. The molecule has 1 unspecified atom stereocenters. The van der Waals surface area contributed by atoms with Crippen LogP contribution < -0.4 is 16.0 Å². The van der Waals surface area contributed by atoms with Crippen LogP contribution >= 0.6 is 23.1 Å². The molecule has 0 fully saturated rings. The van der Waals surface area contributed by atoms with Crippen molar-refractivity contribution in [2.75, 3.05) is 17.2 Å². The van der Waals surface area contributed by atoms with Crippen LogP contribution in [0.2, 0.25) is 0 Å². The fraction of sp³-hybridized carbons (Fsp3) is 0.154. The van der Waals surface area contributed by atoms with E-state index in [1.165, 1.54) is 23.1 Å². The van der Waals surface area contributed by atoms with Gasteiger partial charge in [-0.1, -0.05) is 85.8 Å². The number of amides is 3. The molecule has 0 saturated heterocycles. The Morgan fingerprint density at radius 2 is 1.54 bits per heavy atom. The zero-order valence-electron chi connectivity index (χ0n) is 27.6. The van der Waals surface area contributed by atoms with Crippen molar-refractivity contribution >= 4 is 63.7 Å². The maximum absolute atomic E-state index is 13.7. The summed E-state index contributed by atoms with van der Waals surface area (Å²) in [6, 6.07) is 33.6. The average molecular weight is 705 g/mol. The molecule has 5 rings (SSSR count). The fourth-order valence-electron chi connectivity index (χ4n) is 4.83. The minimum absolute atomic E-state index is 0.0397. The number of carbonyl (C=O) groups excluding carboxylic acids is 4. The van der Waals surface area contributed by atoms with Crippen LogP contribution in [0.3, 0.4) is 0 Å². The van der Waals surface area contributed by atoms with Crippen molar-refractivity contribution in [3.63, 3.8) is 0 Å². The maximum Gasteiger partial charge on any atom is 0.311 e. The van der Waals surface area contributed by atoms with Crippen molar-refractivity contribution < 1.29 is 23.9 Å². The van der Waals surface area contributed by atoms with Crippen LogP contribution in [-0.2, 0) is 25.5 Å². The molecule has 0 aliphatic rings. The molecule has 50 heavy (non-hydrogen) atoms. The van der Waals surface area contributed by atoms with Crippen molar-refractivity contribution in [2.24, 2.45) is 0 Å². The zero-order chi connectivity index (χ0) is 35.3. The molecule has 4 aromatic carbocycles. The van der Waals surface area contributed by atoms with Crippen LogP contribution in [0.25, 0.3) is 17.2 Å². The summed E-state index contributed by atoms with van der Waals surface area (Å²) < 4.78 is 4.97. The van der Waals surface area contributed by atoms with Crippen molar-refractivity contribution in [1.82, 2.24) is 10.3 Å². The van der Waals surface area contributed by atoms with Crippen LogP contribution in [0.15, 0.2) is 125 Å². The molecule has 0 bridgehead atoms. The molecule has 11 heteroatoms. The number of rotatable bonds is 14. The van der Waals surface area contributed by atoms with Crippen molar-refractivity contribution in [1.29, 1.82) is 0 Å². The number of nitrogens with one attached hydrogen (secondary N) is 3. The number of aromatic nitrogens is 1. The predicted molar refractivity (Wildman–Crippen MR) is 200 cm³/mol. The first-order valence-electron chi connectivity index (χ1n) is 16.0. The number of nitrogens with zero attached hydrogens (tertiary/aromatic N) is 1. The van der Waals surface area contributed by atoms with Gasteiger partial charge >= 0.3 is 5.97 Å². The summed E-state index contributed by atoms with van der Waals surface area (Å²) in [6.07, 6.45) is 2.21. The first-order valence-corrected chi connectivity index (χ1v) is 17.8. The Labute approximate surface area is 299 Å². The lowest BCUT2D eigenvalue weighted by molar-refractivity contribution is -0.142. The standard InChI is InChI=1S/C39H36N4O5S2/c1-3-34(38(47)43-39-41-31(25-49-39)24-35(44)48-4-2)50-32-17-11-16-30(23-32)40-37(46)33(42-36(45)29-14-9-6-10-15-29)22-26-18-20-28(21-19-26)27-12-7-5-8-13-27/h5-23,25,34H,3-4,24H2,1-2H3,(H,40,46)(H,42,45)(H,41,43,47)/b33-22+. The van der Waals surface area contributed by atoms with E-state index in [0.29, 0.717) is 35.1 Å². The third-order valence-electron chi connectivity index (χ3n) is 7.30. The smallest absolute Gasteiger partial charge is 0.311 e. The van der Waals surface area contributed by atoms with Crippen LogP contribution in [0.4, 0.5) is 10.8 Å². The topological polar surface area (TPSA) is 126 Å². The number of benzene rings is 4. The van der Waals surface area contributed by atoms with Gasteiger partial charge in [-0.3, -0.25) is 19.2 Å². The van der Waals surface area contributed by atoms with Gasteiger partial charge in [0, 0.05) is 21.5 Å². The molecule has 0 spiro atoms. The molecule has 0 aliphatic heterocycles. The minimum Gasteiger partial charge on any atom is -0.466 e. The highest BCUT2D eigenvalue weighted by Gasteiger charge is 2.21. The van der Waals surface area contributed by atoms with Crippen LogP contribution in [-0.4, -0.2) is 40.5 Å². The monoisotopic (exact) mass is 704 g/mol. The largest absolute Gasteiger partial charge is 0.466 e. The molecule has 3 amide bonds. The molecule has 0 aliphatic carbocycles. The lowest BCUT2D eigenvalue weighted by atomic mass is 10.0. The van der Waals surface area contributed by atoms with Gasteiger partial charge in [0.1, 0.15) is 5.70 Å². The van der Waals surface area contributed by atoms with Gasteiger partial charge in [0.25, 0.3) is 11.8 Å². The maximum atomic E-state index is 13.7.